The first kappa shape index (κ1) is 21.9. The molecule has 9 heteroatoms. The number of carbonyl (C=O) groups excluding carboxylic acids is 1. The summed E-state index contributed by atoms with van der Waals surface area (Å²) < 4.78 is 28.8. The Labute approximate surface area is 171 Å². The van der Waals surface area contributed by atoms with Crippen LogP contribution in [-0.4, -0.2) is 28.1 Å². The Bertz CT molecular complexity index is 957. The van der Waals surface area contributed by atoms with Crippen LogP contribution in [0.3, 0.4) is 0 Å². The third-order valence-electron chi connectivity index (χ3n) is 3.97. The molecular weight excluding hydrogens is 406 g/mol. The average molecular weight is 425 g/mol. The zero-order chi connectivity index (χ0) is 21.0. The monoisotopic (exact) mass is 424 g/mol. The van der Waals surface area contributed by atoms with Crippen LogP contribution in [0.25, 0.3) is 17.8 Å². The van der Waals surface area contributed by atoms with Crippen molar-refractivity contribution >= 4 is 52.8 Å². The molecule has 1 aromatic heterocycles. The van der Waals surface area contributed by atoms with Crippen molar-refractivity contribution in [2.75, 3.05) is 11.9 Å². The summed E-state index contributed by atoms with van der Waals surface area (Å²) in [6.07, 6.45) is 4.74. The third-order valence-corrected chi connectivity index (χ3v) is 5.49. The highest BCUT2D eigenvalue weighted by atomic mass is 35.5. The van der Waals surface area contributed by atoms with E-state index in [1.54, 1.807) is 19.2 Å². The van der Waals surface area contributed by atoms with Crippen molar-refractivity contribution in [2.24, 2.45) is 5.73 Å². The molecular formula is C19H19ClF2N4OS. The van der Waals surface area contributed by atoms with E-state index in [9.17, 15) is 13.6 Å². The van der Waals surface area contributed by atoms with Gasteiger partial charge in [0.25, 0.3) is 5.91 Å². The maximum atomic E-state index is 13.9. The van der Waals surface area contributed by atoms with Crippen LogP contribution in [0.4, 0.5) is 14.5 Å². The van der Waals surface area contributed by atoms with Gasteiger partial charge < -0.3 is 10.6 Å². The first-order valence-electron chi connectivity index (χ1n) is 8.05. The fourth-order valence-electron chi connectivity index (χ4n) is 2.43. The van der Waals surface area contributed by atoms with Crippen LogP contribution in [-0.2, 0) is 4.79 Å². The molecule has 28 heavy (non-hydrogen) atoms. The maximum Gasteiger partial charge on any atom is 0.254 e. The van der Waals surface area contributed by atoms with E-state index in [-0.39, 0.29) is 10.1 Å². The highest BCUT2D eigenvalue weighted by molar-refractivity contribution is 8.05. The molecule has 1 unspecified atom stereocenters. The van der Waals surface area contributed by atoms with E-state index in [1.807, 2.05) is 0 Å². The van der Waals surface area contributed by atoms with E-state index in [4.69, 9.17) is 17.3 Å². The number of benzene rings is 1. The molecule has 1 heterocycles. The van der Waals surface area contributed by atoms with E-state index in [2.05, 4.69) is 18.3 Å². The second-order valence-electron chi connectivity index (χ2n) is 5.70. The topological polar surface area (TPSA) is 64.2 Å². The maximum absolute atomic E-state index is 13.9. The summed E-state index contributed by atoms with van der Waals surface area (Å²) in [6, 6.07) is 2.93. The molecule has 0 fully saturated rings. The lowest BCUT2D eigenvalue weighted by molar-refractivity contribution is -0.117. The van der Waals surface area contributed by atoms with Crippen LogP contribution in [0.15, 0.2) is 41.9 Å². The van der Waals surface area contributed by atoms with Gasteiger partial charge in [0.15, 0.2) is 0 Å². The minimum absolute atomic E-state index is 0.0829. The van der Waals surface area contributed by atoms with Crippen LogP contribution < -0.4 is 10.6 Å². The molecule has 0 saturated carbocycles. The molecule has 0 aliphatic heterocycles. The largest absolute Gasteiger partial charge is 0.311 e. The molecule has 0 bridgehead atoms. The SMILES string of the molecule is C=Cc1c(/C(C)=C(\Cl)SC(N)C(=O)N(C)c2ccc(F)cc2F)cnn1C=C. The second kappa shape index (κ2) is 9.18. The Hall–Kier alpha value is -2.42. The number of nitrogens with two attached hydrogens (primary N) is 1. The van der Waals surface area contributed by atoms with Gasteiger partial charge in [-0.15, -0.1) is 0 Å². The fraction of sp³-hybridized carbons (Fsp3) is 0.158. The summed E-state index contributed by atoms with van der Waals surface area (Å²) in [5, 5.41) is 3.06. The standard InChI is InChI=1S/C19H19ClF2N4OS/c1-5-15-13(10-24-26(15)6-2)11(3)17(20)28-18(23)19(27)25(4)16-8-7-12(21)9-14(16)22/h5-10,18H,1-2,23H2,3-4H3/b17-11+. The van der Waals surface area contributed by atoms with Crippen LogP contribution >= 0.6 is 23.4 Å². The quantitative estimate of drug-likeness (QED) is 0.664. The summed E-state index contributed by atoms with van der Waals surface area (Å²) >= 11 is 7.28. The highest BCUT2D eigenvalue weighted by Gasteiger charge is 2.24. The lowest BCUT2D eigenvalue weighted by Gasteiger charge is -2.21. The van der Waals surface area contributed by atoms with E-state index in [0.29, 0.717) is 22.9 Å². The molecule has 148 valence electrons. The van der Waals surface area contributed by atoms with Crippen LogP contribution in [0, 0.1) is 11.6 Å². The number of halogens is 3. The summed E-state index contributed by atoms with van der Waals surface area (Å²) in [4.78, 5) is 13.6. The fourth-order valence-corrected chi connectivity index (χ4v) is 3.59. The molecule has 1 atom stereocenters. The second-order valence-corrected chi connectivity index (χ2v) is 7.46. The van der Waals surface area contributed by atoms with Gasteiger partial charge in [0.1, 0.15) is 17.0 Å². The molecule has 2 N–H and O–H groups in total. The van der Waals surface area contributed by atoms with Gasteiger partial charge >= 0.3 is 0 Å². The number of amides is 1. The number of hydrogen-bond donors (Lipinski definition) is 1. The number of nitrogens with zero attached hydrogens (tertiary/aromatic N) is 3. The van der Waals surface area contributed by atoms with Gasteiger partial charge in [-0.2, -0.15) is 5.10 Å². The number of rotatable bonds is 7. The number of anilines is 1. The van der Waals surface area contributed by atoms with Crippen molar-refractivity contribution in [3.63, 3.8) is 0 Å². The molecule has 5 nitrogen and oxygen atoms in total. The van der Waals surface area contributed by atoms with E-state index < -0.39 is 22.9 Å². The van der Waals surface area contributed by atoms with Crippen LogP contribution in [0.2, 0.25) is 0 Å². The summed E-state index contributed by atoms with van der Waals surface area (Å²) in [7, 11) is 1.35. The number of aromatic nitrogens is 2. The zero-order valence-electron chi connectivity index (χ0n) is 15.3. The number of thioether (sulfide) groups is 1. The summed E-state index contributed by atoms with van der Waals surface area (Å²) in [5.74, 6) is -2.19. The summed E-state index contributed by atoms with van der Waals surface area (Å²) in [5.41, 5.74) is 7.92. The molecule has 0 saturated heterocycles. The molecule has 0 spiro atoms. The van der Waals surface area contributed by atoms with E-state index >= 15 is 0 Å². The highest BCUT2D eigenvalue weighted by Crippen LogP contribution is 2.34. The van der Waals surface area contributed by atoms with Gasteiger partial charge in [0.05, 0.1) is 21.9 Å². The Morgan fingerprint density at radius 3 is 2.68 bits per heavy atom. The Morgan fingerprint density at radius 1 is 1.43 bits per heavy atom. The lowest BCUT2D eigenvalue weighted by Crippen LogP contribution is -2.40. The lowest BCUT2D eigenvalue weighted by atomic mass is 10.1. The molecule has 0 aliphatic carbocycles. The van der Waals surface area contributed by atoms with Gasteiger partial charge in [0.2, 0.25) is 0 Å². The number of likely N-dealkylation sites (N-methyl/N-ethyl adjacent to an activating group) is 1. The predicted octanol–water partition coefficient (Wildman–Crippen LogP) is 4.51. The first-order chi connectivity index (χ1) is 13.2. The van der Waals surface area contributed by atoms with Crippen LogP contribution in [0.1, 0.15) is 18.2 Å². The van der Waals surface area contributed by atoms with Gasteiger partial charge in [-0.05, 0) is 30.7 Å². The van der Waals surface area contributed by atoms with Gasteiger partial charge in [-0.25, -0.2) is 13.5 Å². The smallest absolute Gasteiger partial charge is 0.254 e. The Morgan fingerprint density at radius 2 is 2.11 bits per heavy atom. The number of hydrogen-bond acceptors (Lipinski definition) is 4. The average Bonchev–Trinajstić information content (AvgIpc) is 3.09. The van der Waals surface area contributed by atoms with Crippen LogP contribution in [0.5, 0.6) is 0 Å². The van der Waals surface area contributed by atoms with Crippen molar-refractivity contribution in [2.45, 2.75) is 12.3 Å². The Kier molecular flexibility index (Phi) is 7.17. The molecule has 0 radical (unpaired) electrons. The minimum Gasteiger partial charge on any atom is -0.311 e. The number of allylic oxidation sites excluding steroid dienone is 1. The molecule has 1 amide bonds. The van der Waals surface area contributed by atoms with Gasteiger partial charge in [-0.1, -0.05) is 36.5 Å². The van der Waals surface area contributed by atoms with Crippen molar-refractivity contribution in [1.29, 1.82) is 0 Å². The van der Waals surface area contributed by atoms with Crippen molar-refractivity contribution in [3.05, 3.63) is 64.8 Å². The first-order valence-corrected chi connectivity index (χ1v) is 9.31. The molecule has 0 aliphatic rings. The minimum atomic E-state index is -1.10. The summed E-state index contributed by atoms with van der Waals surface area (Å²) in [6.45, 7) is 9.17. The predicted molar refractivity (Wildman–Crippen MR) is 112 cm³/mol. The van der Waals surface area contributed by atoms with Crippen molar-refractivity contribution in [3.8, 4) is 0 Å². The molecule has 2 rings (SSSR count). The molecule has 2 aromatic rings. The van der Waals surface area contributed by atoms with Crippen molar-refractivity contribution in [1.82, 2.24) is 9.78 Å². The number of carbonyl (C=O) groups is 1. The zero-order valence-corrected chi connectivity index (χ0v) is 16.9. The van der Waals surface area contributed by atoms with Gasteiger partial charge in [0, 0.05) is 24.9 Å². The normalized spacial score (nSPS) is 12.9. The van der Waals surface area contributed by atoms with Gasteiger partial charge in [-0.3, -0.25) is 4.79 Å². The third kappa shape index (κ3) is 4.52. The molecule has 1 aromatic carbocycles. The Balaban J connectivity index is 2.22. The van der Waals surface area contributed by atoms with Crippen molar-refractivity contribution < 1.29 is 13.6 Å². The van der Waals surface area contributed by atoms with E-state index in [1.165, 1.54) is 24.0 Å². The van der Waals surface area contributed by atoms with E-state index in [0.717, 1.165) is 22.7 Å².